The van der Waals surface area contributed by atoms with Gasteiger partial charge in [-0.1, -0.05) is 6.42 Å². The van der Waals surface area contributed by atoms with Crippen molar-refractivity contribution < 1.29 is 28.5 Å². The fourth-order valence-corrected chi connectivity index (χ4v) is 4.62. The van der Waals surface area contributed by atoms with Crippen LogP contribution in [0, 0.1) is 0 Å². The van der Waals surface area contributed by atoms with Crippen molar-refractivity contribution in [2.45, 2.75) is 38.8 Å². The predicted octanol–water partition coefficient (Wildman–Crippen LogP) is 2.82. The number of nitrogens with one attached hydrogen (secondary N) is 1. The lowest BCUT2D eigenvalue weighted by Gasteiger charge is -2.19. The maximum Gasteiger partial charge on any atom is 0.326 e. The van der Waals surface area contributed by atoms with Gasteiger partial charge in [0.1, 0.15) is 6.04 Å². The van der Waals surface area contributed by atoms with Crippen molar-refractivity contribution in [2.24, 2.45) is 0 Å². The molecule has 0 spiro atoms. The van der Waals surface area contributed by atoms with Gasteiger partial charge in [-0.25, -0.2) is 14.8 Å². The fourth-order valence-electron chi connectivity index (χ4n) is 3.61. The third-order valence-electron chi connectivity index (χ3n) is 5.51. The quantitative estimate of drug-likeness (QED) is 0.170. The molecule has 2 heterocycles. The summed E-state index contributed by atoms with van der Waals surface area (Å²) in [6.07, 6.45) is 3.07. The number of rotatable bonds is 14. The highest BCUT2D eigenvalue weighted by Gasteiger charge is 2.21. The average Bonchev–Trinajstić information content (AvgIpc) is 2.89. The van der Waals surface area contributed by atoms with Crippen LogP contribution in [0.3, 0.4) is 0 Å². The van der Waals surface area contributed by atoms with Crippen molar-refractivity contribution in [3.8, 4) is 0 Å². The van der Waals surface area contributed by atoms with Gasteiger partial charge >= 0.3 is 5.97 Å². The number of nitrogens with two attached hydrogens (primary N) is 2. The molecule has 0 aliphatic rings. The van der Waals surface area contributed by atoms with Gasteiger partial charge in [0.2, 0.25) is 14.3 Å². The summed E-state index contributed by atoms with van der Waals surface area (Å²) >= 11 is 0. The van der Waals surface area contributed by atoms with Crippen LogP contribution >= 0.6 is 8.38 Å². The number of carbonyl (C=O) groups is 2. The minimum atomic E-state index is -1.62. The zero-order valence-corrected chi connectivity index (χ0v) is 21.9. The molecule has 6 N–H and O–H groups in total. The van der Waals surface area contributed by atoms with Gasteiger partial charge in [0.15, 0.2) is 17.0 Å². The van der Waals surface area contributed by atoms with E-state index in [9.17, 15) is 19.2 Å². The Balaban J connectivity index is 1.56. The van der Waals surface area contributed by atoms with Crippen LogP contribution in [0.1, 0.15) is 42.2 Å². The second-order valence-electron chi connectivity index (χ2n) is 8.31. The lowest BCUT2D eigenvalue weighted by Crippen LogP contribution is -2.40. The smallest absolute Gasteiger partial charge is 0.326 e. The molecular weight excluding hydrogens is 518 g/mol. The van der Waals surface area contributed by atoms with Crippen LogP contribution in [0.25, 0.3) is 11.2 Å². The first-order valence-electron chi connectivity index (χ1n) is 11.8. The highest BCUT2D eigenvalue weighted by molar-refractivity contribution is 7.47. The highest BCUT2D eigenvalue weighted by Crippen LogP contribution is 2.39. The number of nitrogen functional groups attached to an aromatic ring is 2. The van der Waals surface area contributed by atoms with Crippen LogP contribution in [0.5, 0.6) is 0 Å². The molecule has 0 aliphatic heterocycles. The van der Waals surface area contributed by atoms with Gasteiger partial charge in [-0.05, 0) is 48.6 Å². The number of anilines is 3. The lowest BCUT2D eigenvalue weighted by molar-refractivity contribution is -0.139. The first kappa shape index (κ1) is 28.8. The Hall–Kier alpha value is -3.74. The van der Waals surface area contributed by atoms with E-state index < -0.39 is 26.3 Å². The van der Waals surface area contributed by atoms with Gasteiger partial charge in [0.25, 0.3) is 5.91 Å². The number of halogens is 1. The number of aliphatic carboxylic acids is 1. The third-order valence-corrected chi connectivity index (χ3v) is 6.89. The summed E-state index contributed by atoms with van der Waals surface area (Å²) in [4.78, 5) is 42.8. The second kappa shape index (κ2) is 13.7. The second-order valence-corrected chi connectivity index (χ2v) is 9.82. The Morgan fingerprint density at radius 2 is 1.92 bits per heavy atom. The topological polar surface area (TPSA) is 192 Å². The van der Waals surface area contributed by atoms with Gasteiger partial charge in [-0.2, -0.15) is 9.97 Å². The Morgan fingerprint density at radius 1 is 1.18 bits per heavy atom. The molecule has 0 fully saturated rings. The number of fused-ring (bicyclic) bond motifs is 1. The summed E-state index contributed by atoms with van der Waals surface area (Å²) in [6, 6.07) is 5.62. The molecule has 0 saturated carbocycles. The first-order chi connectivity index (χ1) is 18.2. The van der Waals surface area contributed by atoms with Crippen molar-refractivity contribution in [1.29, 1.82) is 0 Å². The van der Waals surface area contributed by atoms with E-state index in [1.54, 1.807) is 37.4 Å². The van der Waals surface area contributed by atoms with Crippen LogP contribution in [0.2, 0.25) is 0 Å². The van der Waals surface area contributed by atoms with E-state index in [1.807, 2.05) is 11.9 Å². The monoisotopic (exact) mass is 548 g/mol. The van der Waals surface area contributed by atoms with E-state index in [0.717, 1.165) is 5.69 Å². The van der Waals surface area contributed by atoms with Crippen molar-refractivity contribution in [3.05, 3.63) is 41.7 Å². The Bertz CT molecular complexity index is 1250. The predicted molar refractivity (Wildman–Crippen MR) is 141 cm³/mol. The number of carbonyl (C=O) groups excluding carboxylic acids is 1. The molecule has 13 nitrogen and oxygen atoms in total. The molecule has 2 atom stereocenters. The minimum absolute atomic E-state index is 0.0213. The number of carboxylic acids is 1. The van der Waals surface area contributed by atoms with Crippen molar-refractivity contribution in [2.75, 3.05) is 36.2 Å². The number of unbranched alkanes of at least 4 members (excludes halogenated alkanes) is 1. The molecule has 0 radical (unpaired) electrons. The van der Waals surface area contributed by atoms with Gasteiger partial charge < -0.3 is 31.3 Å². The molecule has 1 amide bonds. The number of amides is 1. The largest absolute Gasteiger partial charge is 0.480 e. The molecule has 204 valence electrons. The van der Waals surface area contributed by atoms with Crippen molar-refractivity contribution in [3.63, 3.8) is 0 Å². The third kappa shape index (κ3) is 7.88. The molecule has 2 unspecified atom stereocenters. The van der Waals surface area contributed by atoms with E-state index in [2.05, 4.69) is 30.0 Å². The van der Waals surface area contributed by atoms with Crippen LogP contribution in [-0.4, -0.2) is 62.8 Å². The summed E-state index contributed by atoms with van der Waals surface area (Å²) in [7, 11) is 0.221. The molecule has 2 aromatic heterocycles. The van der Waals surface area contributed by atoms with Crippen LogP contribution in [-0.2, 0) is 20.6 Å². The number of hydrogen-bond acceptors (Lipinski definition) is 11. The molecule has 38 heavy (non-hydrogen) atoms. The summed E-state index contributed by atoms with van der Waals surface area (Å²) in [5, 5.41) is 12.0. The lowest BCUT2D eigenvalue weighted by atomic mass is 10.1. The summed E-state index contributed by atoms with van der Waals surface area (Å²) < 4.78 is 21.3. The molecule has 0 aliphatic carbocycles. The number of aromatic nitrogens is 4. The number of hydrogen-bond donors (Lipinski definition) is 4. The normalized spacial score (nSPS) is 12.7. The zero-order chi connectivity index (χ0) is 27.7. The Kier molecular flexibility index (Phi) is 10.4. The van der Waals surface area contributed by atoms with Crippen molar-refractivity contribution >= 4 is 48.9 Å². The van der Waals surface area contributed by atoms with Crippen LogP contribution in [0.4, 0.5) is 22.0 Å². The highest BCUT2D eigenvalue weighted by atomic mass is 31.2. The zero-order valence-electron chi connectivity index (χ0n) is 21.0. The Morgan fingerprint density at radius 3 is 2.58 bits per heavy atom. The first-order valence-corrected chi connectivity index (χ1v) is 13.2. The maximum absolute atomic E-state index is 12.7. The molecule has 0 saturated heterocycles. The summed E-state index contributed by atoms with van der Waals surface area (Å²) in [6.45, 7) is 2.45. The number of benzene rings is 1. The van der Waals surface area contributed by atoms with Crippen LogP contribution < -0.4 is 21.7 Å². The minimum Gasteiger partial charge on any atom is -0.480 e. The van der Waals surface area contributed by atoms with E-state index in [0.29, 0.717) is 54.6 Å². The molecule has 3 aromatic rings. The van der Waals surface area contributed by atoms with E-state index in [1.165, 1.54) is 0 Å². The molecule has 1 aromatic carbocycles. The maximum atomic E-state index is 12.7. The number of nitrogens with zero attached hydrogens (tertiary/aromatic N) is 5. The standard InChI is InChI=1S/C23H30FN8O5P/c1-3-36-38(37-24)11-5-4-6-17(22(34)35)29-21(33)14-7-9-16(10-8-14)32(2)13-15-12-27-20-18(28-15)19(25)30-23(26)31-20/h7-10,12,17H,3-6,11,13H2,1-2H3,(H,29,33)(H,34,35)(H4,25,26,27,30,31). The van der Waals surface area contributed by atoms with Gasteiger partial charge in [-0.15, -0.1) is 4.73 Å². The van der Waals surface area contributed by atoms with E-state index in [-0.39, 0.29) is 18.2 Å². The van der Waals surface area contributed by atoms with E-state index >= 15 is 0 Å². The Labute approximate surface area is 219 Å². The SMILES string of the molecule is CCOP(CCCCC(NC(=O)c1ccc(N(C)Cc2cnc3nc(N)nc(N)c3n2)cc1)C(=O)O)OF. The van der Waals surface area contributed by atoms with Gasteiger partial charge in [0, 0.05) is 24.5 Å². The number of carboxylic acid groups (broad SMARTS) is 1. The van der Waals surface area contributed by atoms with Gasteiger partial charge in [0.05, 0.1) is 25.0 Å². The molecule has 15 heteroatoms. The fraction of sp³-hybridized carbons (Fsp3) is 0.391. The summed E-state index contributed by atoms with van der Waals surface area (Å²) in [5.74, 6) is -1.49. The van der Waals surface area contributed by atoms with Crippen molar-refractivity contribution in [1.82, 2.24) is 25.3 Å². The van der Waals surface area contributed by atoms with E-state index in [4.69, 9.17) is 16.0 Å². The average molecular weight is 549 g/mol. The van der Waals surface area contributed by atoms with Crippen LogP contribution in [0.15, 0.2) is 30.5 Å². The molecule has 3 rings (SSSR count). The van der Waals surface area contributed by atoms with Gasteiger partial charge in [-0.3, -0.25) is 4.79 Å². The molecule has 0 bridgehead atoms. The summed E-state index contributed by atoms with van der Waals surface area (Å²) in [5.41, 5.74) is 13.9. The molecular formula is C23H30FN8O5P.